The monoisotopic (exact) mass is 400 g/mol. The average molecular weight is 401 g/mol. The van der Waals surface area contributed by atoms with Gasteiger partial charge in [-0.3, -0.25) is 4.90 Å². The molecule has 0 bridgehead atoms. The molecule has 0 spiro atoms. The van der Waals surface area contributed by atoms with E-state index >= 15 is 0 Å². The van der Waals surface area contributed by atoms with Crippen LogP contribution in [0.4, 0.5) is 5.69 Å². The van der Waals surface area contributed by atoms with Crippen molar-refractivity contribution >= 4 is 11.7 Å². The van der Waals surface area contributed by atoms with Crippen LogP contribution >= 0.6 is 0 Å². The summed E-state index contributed by atoms with van der Waals surface area (Å²) in [7, 11) is 0. The summed E-state index contributed by atoms with van der Waals surface area (Å²) in [5, 5.41) is 0. The van der Waals surface area contributed by atoms with Crippen LogP contribution in [0.25, 0.3) is 11.1 Å². The number of carbonyl (C=O) groups is 1. The van der Waals surface area contributed by atoms with Crippen molar-refractivity contribution in [1.82, 2.24) is 4.90 Å². The molecule has 0 radical (unpaired) electrons. The van der Waals surface area contributed by atoms with Crippen molar-refractivity contribution in [2.75, 3.05) is 37.7 Å². The van der Waals surface area contributed by atoms with Gasteiger partial charge in [0.2, 0.25) is 0 Å². The van der Waals surface area contributed by atoms with E-state index in [2.05, 4.69) is 64.4 Å². The topological polar surface area (TPSA) is 32.8 Å². The molecular weight excluding hydrogens is 372 g/mol. The van der Waals surface area contributed by atoms with E-state index in [1.54, 1.807) is 0 Å². The SMILES string of the molecule is CCOC(=O)c1ccc(N2CCN(Cc3cccc(-c4ccccc4)c3)CC2)cc1. The van der Waals surface area contributed by atoms with Gasteiger partial charge in [-0.25, -0.2) is 4.79 Å². The zero-order valence-electron chi connectivity index (χ0n) is 17.5. The first-order chi connectivity index (χ1) is 14.7. The van der Waals surface area contributed by atoms with Crippen LogP contribution in [0, 0.1) is 0 Å². The molecule has 1 aliphatic rings. The molecular formula is C26H28N2O2. The molecule has 0 aromatic heterocycles. The van der Waals surface area contributed by atoms with Gasteiger partial charge in [0.15, 0.2) is 0 Å². The van der Waals surface area contributed by atoms with Crippen molar-refractivity contribution < 1.29 is 9.53 Å². The van der Waals surface area contributed by atoms with Crippen LogP contribution in [0.2, 0.25) is 0 Å². The minimum atomic E-state index is -0.258. The molecule has 0 saturated carbocycles. The molecule has 0 N–H and O–H groups in total. The van der Waals surface area contributed by atoms with Crippen molar-refractivity contribution in [3.05, 3.63) is 90.0 Å². The molecule has 4 rings (SSSR count). The highest BCUT2D eigenvalue weighted by Gasteiger charge is 2.18. The lowest BCUT2D eigenvalue weighted by molar-refractivity contribution is 0.0526. The molecule has 0 aliphatic carbocycles. The van der Waals surface area contributed by atoms with E-state index in [9.17, 15) is 4.79 Å². The number of carbonyl (C=O) groups excluding carboxylic acids is 1. The van der Waals surface area contributed by atoms with Crippen molar-refractivity contribution in [3.8, 4) is 11.1 Å². The van der Waals surface area contributed by atoms with Crippen LogP contribution in [0.1, 0.15) is 22.8 Å². The van der Waals surface area contributed by atoms with E-state index in [0.29, 0.717) is 12.2 Å². The zero-order chi connectivity index (χ0) is 20.8. The van der Waals surface area contributed by atoms with E-state index in [4.69, 9.17) is 4.74 Å². The first-order valence-corrected chi connectivity index (χ1v) is 10.6. The minimum Gasteiger partial charge on any atom is -0.462 e. The lowest BCUT2D eigenvalue weighted by Crippen LogP contribution is -2.45. The van der Waals surface area contributed by atoms with Crippen molar-refractivity contribution in [2.24, 2.45) is 0 Å². The van der Waals surface area contributed by atoms with E-state index in [1.807, 2.05) is 31.2 Å². The molecule has 4 nitrogen and oxygen atoms in total. The molecule has 1 heterocycles. The Kier molecular flexibility index (Phi) is 6.45. The van der Waals surface area contributed by atoms with Gasteiger partial charge in [-0.05, 0) is 53.9 Å². The Morgan fingerprint density at radius 1 is 0.833 bits per heavy atom. The van der Waals surface area contributed by atoms with Crippen LogP contribution in [-0.2, 0) is 11.3 Å². The number of benzene rings is 3. The van der Waals surface area contributed by atoms with Crippen molar-refractivity contribution in [2.45, 2.75) is 13.5 Å². The lowest BCUT2D eigenvalue weighted by Gasteiger charge is -2.36. The summed E-state index contributed by atoms with van der Waals surface area (Å²) in [6.07, 6.45) is 0. The van der Waals surface area contributed by atoms with Gasteiger partial charge in [-0.1, -0.05) is 48.5 Å². The summed E-state index contributed by atoms with van der Waals surface area (Å²) in [6, 6.07) is 27.1. The highest BCUT2D eigenvalue weighted by molar-refractivity contribution is 5.89. The van der Waals surface area contributed by atoms with Gasteiger partial charge in [0, 0.05) is 38.4 Å². The molecule has 3 aromatic rings. The van der Waals surface area contributed by atoms with E-state index in [1.165, 1.54) is 16.7 Å². The number of hydrogen-bond donors (Lipinski definition) is 0. The number of hydrogen-bond acceptors (Lipinski definition) is 4. The standard InChI is InChI=1S/C26H28N2O2/c1-2-30-26(29)23-11-13-25(14-12-23)28-17-15-27(16-18-28)20-21-7-6-10-24(19-21)22-8-4-3-5-9-22/h3-14,19H,2,15-18,20H2,1H3. The molecule has 3 aromatic carbocycles. The number of anilines is 1. The van der Waals surface area contributed by atoms with E-state index in [0.717, 1.165) is 38.4 Å². The molecule has 4 heteroatoms. The fourth-order valence-corrected chi connectivity index (χ4v) is 3.92. The highest BCUT2D eigenvalue weighted by atomic mass is 16.5. The Hall–Kier alpha value is -3.11. The smallest absolute Gasteiger partial charge is 0.338 e. The predicted octanol–water partition coefficient (Wildman–Crippen LogP) is 4.85. The molecule has 0 unspecified atom stereocenters. The Bertz CT molecular complexity index is 962. The fourth-order valence-electron chi connectivity index (χ4n) is 3.92. The van der Waals surface area contributed by atoms with Crippen LogP contribution in [-0.4, -0.2) is 43.7 Å². The summed E-state index contributed by atoms with van der Waals surface area (Å²) < 4.78 is 5.06. The summed E-state index contributed by atoms with van der Waals surface area (Å²) in [5.41, 5.74) is 5.65. The van der Waals surface area contributed by atoms with Crippen LogP contribution in [0.15, 0.2) is 78.9 Å². The maximum Gasteiger partial charge on any atom is 0.338 e. The Balaban J connectivity index is 1.33. The summed E-state index contributed by atoms with van der Waals surface area (Å²) in [4.78, 5) is 16.7. The molecule has 1 saturated heterocycles. The van der Waals surface area contributed by atoms with Gasteiger partial charge >= 0.3 is 5.97 Å². The largest absolute Gasteiger partial charge is 0.462 e. The van der Waals surface area contributed by atoms with Crippen LogP contribution < -0.4 is 4.90 Å². The van der Waals surface area contributed by atoms with Crippen molar-refractivity contribution in [3.63, 3.8) is 0 Å². The number of piperazine rings is 1. The second kappa shape index (κ2) is 9.59. The van der Waals surface area contributed by atoms with Gasteiger partial charge in [0.05, 0.1) is 12.2 Å². The van der Waals surface area contributed by atoms with E-state index < -0.39 is 0 Å². The second-order valence-corrected chi connectivity index (χ2v) is 7.60. The number of esters is 1. The quantitative estimate of drug-likeness (QED) is 0.554. The lowest BCUT2D eigenvalue weighted by atomic mass is 10.0. The molecule has 1 fully saturated rings. The molecule has 30 heavy (non-hydrogen) atoms. The normalized spacial score (nSPS) is 14.5. The fraction of sp³-hybridized carbons (Fsp3) is 0.269. The first kappa shape index (κ1) is 20.2. The van der Waals surface area contributed by atoms with E-state index in [-0.39, 0.29) is 5.97 Å². The van der Waals surface area contributed by atoms with Gasteiger partial charge in [0.1, 0.15) is 0 Å². The third-order valence-corrected chi connectivity index (χ3v) is 5.56. The zero-order valence-corrected chi connectivity index (χ0v) is 17.5. The van der Waals surface area contributed by atoms with Gasteiger partial charge < -0.3 is 9.64 Å². The molecule has 0 atom stereocenters. The molecule has 1 aliphatic heterocycles. The Morgan fingerprint density at radius 2 is 1.53 bits per heavy atom. The Morgan fingerprint density at radius 3 is 2.23 bits per heavy atom. The van der Waals surface area contributed by atoms with Crippen LogP contribution in [0.5, 0.6) is 0 Å². The highest BCUT2D eigenvalue weighted by Crippen LogP contribution is 2.22. The van der Waals surface area contributed by atoms with Gasteiger partial charge in [-0.2, -0.15) is 0 Å². The number of rotatable bonds is 6. The summed E-state index contributed by atoms with van der Waals surface area (Å²) in [6.45, 7) is 7.20. The summed E-state index contributed by atoms with van der Waals surface area (Å²) in [5.74, 6) is -0.258. The second-order valence-electron chi connectivity index (χ2n) is 7.60. The van der Waals surface area contributed by atoms with Gasteiger partial charge in [-0.15, -0.1) is 0 Å². The Labute approximate surface area is 178 Å². The minimum absolute atomic E-state index is 0.258. The third kappa shape index (κ3) is 4.89. The third-order valence-electron chi connectivity index (χ3n) is 5.56. The summed E-state index contributed by atoms with van der Waals surface area (Å²) >= 11 is 0. The van der Waals surface area contributed by atoms with Crippen molar-refractivity contribution in [1.29, 1.82) is 0 Å². The van der Waals surface area contributed by atoms with Crippen LogP contribution in [0.3, 0.4) is 0 Å². The average Bonchev–Trinajstić information content (AvgIpc) is 2.81. The first-order valence-electron chi connectivity index (χ1n) is 10.6. The maximum absolute atomic E-state index is 11.8. The molecule has 0 amide bonds. The number of ether oxygens (including phenoxy) is 1. The van der Waals surface area contributed by atoms with Gasteiger partial charge in [0.25, 0.3) is 0 Å². The number of nitrogens with zero attached hydrogens (tertiary/aromatic N) is 2. The molecule has 154 valence electrons. The predicted molar refractivity (Wildman–Crippen MR) is 122 cm³/mol. The maximum atomic E-state index is 11.8.